The van der Waals surface area contributed by atoms with Crippen molar-refractivity contribution in [3.63, 3.8) is 0 Å². The van der Waals surface area contributed by atoms with Crippen molar-refractivity contribution in [2.75, 3.05) is 17.6 Å². The molecule has 0 saturated carbocycles. The van der Waals surface area contributed by atoms with E-state index in [1.54, 1.807) is 0 Å². The Morgan fingerprint density at radius 3 is 2.81 bits per heavy atom. The average molecular weight is 299 g/mol. The lowest BCUT2D eigenvalue weighted by Crippen LogP contribution is -2.10. The zero-order valence-electron chi connectivity index (χ0n) is 11.8. The third-order valence-electron chi connectivity index (χ3n) is 3.17. The van der Waals surface area contributed by atoms with Crippen LogP contribution in [0.5, 0.6) is 0 Å². The minimum Gasteiger partial charge on any atom is -0.382 e. The van der Waals surface area contributed by atoms with Crippen LogP contribution in [0.1, 0.15) is 5.56 Å². The molecule has 0 fully saturated rings. The molecule has 2 aromatic heterocycles. The van der Waals surface area contributed by atoms with Gasteiger partial charge in [0.15, 0.2) is 0 Å². The average Bonchev–Trinajstić information content (AvgIpc) is 3.06. The van der Waals surface area contributed by atoms with Crippen LogP contribution in [0.25, 0.3) is 11.1 Å². The summed E-state index contributed by atoms with van der Waals surface area (Å²) in [7, 11) is 0. The first-order chi connectivity index (χ1) is 10.2. The maximum absolute atomic E-state index is 6.00. The van der Waals surface area contributed by atoms with E-state index in [-0.39, 0.29) is 0 Å². The predicted octanol–water partition coefficient (Wildman–Crippen LogP) is 3.01. The van der Waals surface area contributed by atoms with Gasteiger partial charge in [-0.3, -0.25) is 4.68 Å². The summed E-state index contributed by atoms with van der Waals surface area (Å²) in [5.41, 5.74) is 9.24. The normalized spacial score (nSPS) is 10.7. The van der Waals surface area contributed by atoms with E-state index in [1.165, 1.54) is 17.1 Å². The van der Waals surface area contributed by atoms with Crippen molar-refractivity contribution in [3.8, 4) is 11.1 Å². The molecule has 0 aliphatic carbocycles. The molecular formula is C15H17N5S. The molecular weight excluding hydrogens is 282 g/mol. The fourth-order valence-corrected chi connectivity index (χ4v) is 2.94. The van der Waals surface area contributed by atoms with Crippen molar-refractivity contribution in [2.24, 2.45) is 0 Å². The smallest absolute Gasteiger partial charge is 0.147 e. The van der Waals surface area contributed by atoms with Crippen molar-refractivity contribution in [1.82, 2.24) is 14.2 Å². The van der Waals surface area contributed by atoms with Crippen LogP contribution in [0, 0.1) is 6.92 Å². The van der Waals surface area contributed by atoms with Gasteiger partial charge in [-0.2, -0.15) is 9.47 Å². The Bertz CT molecular complexity index is 717. The topological polar surface area (TPSA) is 68.8 Å². The lowest BCUT2D eigenvalue weighted by molar-refractivity contribution is 0.638. The molecule has 0 atom stereocenters. The highest BCUT2D eigenvalue weighted by Gasteiger charge is 2.12. The number of aromatic nitrogens is 3. The SMILES string of the molecule is Cc1cnn(CCNc2snc(N)c2-c2ccccc2)c1. The Kier molecular flexibility index (Phi) is 3.87. The molecule has 0 radical (unpaired) electrons. The third-order valence-corrected chi connectivity index (χ3v) is 3.99. The molecule has 0 bridgehead atoms. The summed E-state index contributed by atoms with van der Waals surface area (Å²) in [5, 5.41) is 8.68. The molecule has 3 rings (SSSR count). The largest absolute Gasteiger partial charge is 0.382 e. The molecule has 108 valence electrons. The van der Waals surface area contributed by atoms with Gasteiger partial charge in [0.25, 0.3) is 0 Å². The molecule has 0 spiro atoms. The highest BCUT2D eigenvalue weighted by atomic mass is 32.1. The summed E-state index contributed by atoms with van der Waals surface area (Å²) in [6.07, 6.45) is 3.89. The number of anilines is 2. The first-order valence-electron chi connectivity index (χ1n) is 6.77. The molecule has 0 saturated heterocycles. The fourth-order valence-electron chi connectivity index (χ4n) is 2.18. The summed E-state index contributed by atoms with van der Waals surface area (Å²) in [5.74, 6) is 0.573. The van der Waals surface area contributed by atoms with E-state index in [0.29, 0.717) is 5.82 Å². The summed E-state index contributed by atoms with van der Waals surface area (Å²) in [6, 6.07) is 10.1. The Hall–Kier alpha value is -2.34. The molecule has 6 heteroatoms. The molecule has 3 N–H and O–H groups in total. The predicted molar refractivity (Wildman–Crippen MR) is 87.4 cm³/mol. The number of nitrogens with one attached hydrogen (secondary N) is 1. The Balaban J connectivity index is 1.72. The highest BCUT2D eigenvalue weighted by molar-refractivity contribution is 7.11. The van der Waals surface area contributed by atoms with Gasteiger partial charge in [-0.15, -0.1) is 0 Å². The minimum atomic E-state index is 0.573. The Morgan fingerprint density at radius 2 is 2.10 bits per heavy atom. The van der Waals surface area contributed by atoms with Gasteiger partial charge in [-0.1, -0.05) is 30.3 Å². The Morgan fingerprint density at radius 1 is 1.29 bits per heavy atom. The molecule has 2 heterocycles. The number of hydrogen-bond acceptors (Lipinski definition) is 5. The van der Waals surface area contributed by atoms with Crippen molar-refractivity contribution in [2.45, 2.75) is 13.5 Å². The molecule has 1 aromatic carbocycles. The van der Waals surface area contributed by atoms with E-state index in [2.05, 4.69) is 14.8 Å². The standard InChI is InChI=1S/C15H17N5S/c1-11-9-18-20(10-11)8-7-17-15-13(14(16)19-21-15)12-5-3-2-4-6-12/h2-6,9-10,17H,7-8H2,1H3,(H2,16,19). The van der Waals surface area contributed by atoms with Gasteiger partial charge >= 0.3 is 0 Å². The molecule has 0 amide bonds. The number of aryl methyl sites for hydroxylation is 1. The monoisotopic (exact) mass is 299 g/mol. The van der Waals surface area contributed by atoms with Crippen molar-refractivity contribution in [3.05, 3.63) is 48.3 Å². The van der Waals surface area contributed by atoms with Gasteiger partial charge in [-0.05, 0) is 29.6 Å². The van der Waals surface area contributed by atoms with E-state index in [1.807, 2.05) is 54.3 Å². The molecule has 0 aliphatic heterocycles. The van der Waals surface area contributed by atoms with Gasteiger partial charge in [0, 0.05) is 12.7 Å². The number of nitrogens with zero attached hydrogens (tertiary/aromatic N) is 3. The van der Waals surface area contributed by atoms with Crippen LogP contribution in [0.15, 0.2) is 42.7 Å². The zero-order valence-corrected chi connectivity index (χ0v) is 12.6. The third kappa shape index (κ3) is 3.05. The van der Waals surface area contributed by atoms with Gasteiger partial charge in [-0.25, -0.2) is 0 Å². The summed E-state index contributed by atoms with van der Waals surface area (Å²) < 4.78 is 6.18. The lowest BCUT2D eigenvalue weighted by atomic mass is 10.1. The Labute approximate surface area is 127 Å². The molecule has 5 nitrogen and oxygen atoms in total. The zero-order chi connectivity index (χ0) is 14.7. The fraction of sp³-hybridized carbons (Fsp3) is 0.200. The number of hydrogen-bond donors (Lipinski definition) is 2. The molecule has 21 heavy (non-hydrogen) atoms. The first-order valence-corrected chi connectivity index (χ1v) is 7.55. The molecule has 3 aromatic rings. The first kappa shape index (κ1) is 13.6. The van der Waals surface area contributed by atoms with E-state index in [4.69, 9.17) is 5.73 Å². The summed E-state index contributed by atoms with van der Waals surface area (Å²) in [4.78, 5) is 0. The highest BCUT2D eigenvalue weighted by Crippen LogP contribution is 2.36. The van der Waals surface area contributed by atoms with Crippen molar-refractivity contribution >= 4 is 22.4 Å². The van der Waals surface area contributed by atoms with E-state index in [9.17, 15) is 0 Å². The second-order valence-electron chi connectivity index (χ2n) is 4.85. The van der Waals surface area contributed by atoms with Crippen LogP contribution in [-0.2, 0) is 6.54 Å². The number of nitrogen functional groups attached to an aromatic ring is 1. The number of rotatable bonds is 5. The second-order valence-corrected chi connectivity index (χ2v) is 5.62. The maximum atomic E-state index is 6.00. The van der Waals surface area contributed by atoms with E-state index >= 15 is 0 Å². The van der Waals surface area contributed by atoms with E-state index < -0.39 is 0 Å². The van der Waals surface area contributed by atoms with Crippen molar-refractivity contribution < 1.29 is 0 Å². The number of benzene rings is 1. The summed E-state index contributed by atoms with van der Waals surface area (Å²) in [6.45, 7) is 3.62. The van der Waals surface area contributed by atoms with Crippen LogP contribution in [0.4, 0.5) is 10.8 Å². The van der Waals surface area contributed by atoms with Crippen LogP contribution in [0.2, 0.25) is 0 Å². The number of nitrogens with two attached hydrogens (primary N) is 1. The van der Waals surface area contributed by atoms with Gasteiger partial charge in [0.05, 0.1) is 18.3 Å². The van der Waals surface area contributed by atoms with Gasteiger partial charge in [0.2, 0.25) is 0 Å². The van der Waals surface area contributed by atoms with Gasteiger partial charge in [0.1, 0.15) is 10.8 Å². The lowest BCUT2D eigenvalue weighted by Gasteiger charge is -2.07. The molecule has 0 aliphatic rings. The summed E-state index contributed by atoms with van der Waals surface area (Å²) >= 11 is 1.40. The maximum Gasteiger partial charge on any atom is 0.147 e. The second kappa shape index (κ2) is 5.97. The van der Waals surface area contributed by atoms with Crippen LogP contribution in [0.3, 0.4) is 0 Å². The minimum absolute atomic E-state index is 0.573. The van der Waals surface area contributed by atoms with Crippen LogP contribution in [-0.4, -0.2) is 20.7 Å². The quantitative estimate of drug-likeness (QED) is 0.760. The van der Waals surface area contributed by atoms with Crippen LogP contribution < -0.4 is 11.1 Å². The van der Waals surface area contributed by atoms with Crippen molar-refractivity contribution in [1.29, 1.82) is 0 Å². The van der Waals surface area contributed by atoms with E-state index in [0.717, 1.165) is 29.2 Å². The van der Waals surface area contributed by atoms with Crippen LogP contribution >= 0.6 is 11.5 Å². The molecule has 0 unspecified atom stereocenters. The van der Waals surface area contributed by atoms with Gasteiger partial charge < -0.3 is 11.1 Å².